The fourth-order valence-electron chi connectivity index (χ4n) is 6.62. The van der Waals surface area contributed by atoms with E-state index in [1.165, 1.54) is 42.2 Å². The van der Waals surface area contributed by atoms with Gasteiger partial charge in [-0.3, -0.25) is 24.4 Å². The summed E-state index contributed by atoms with van der Waals surface area (Å²) in [6.45, 7) is 7.74. The summed E-state index contributed by atoms with van der Waals surface area (Å²) < 4.78 is 94.1. The number of carbonyl (C=O) groups is 3. The van der Waals surface area contributed by atoms with Crippen molar-refractivity contribution >= 4 is 34.6 Å². The summed E-state index contributed by atoms with van der Waals surface area (Å²) >= 11 is 0. The van der Waals surface area contributed by atoms with Gasteiger partial charge in [-0.2, -0.15) is 31.6 Å². The molecular weight excluding hydrogens is 685 g/mol. The van der Waals surface area contributed by atoms with Crippen LogP contribution in [0.5, 0.6) is 0 Å². The van der Waals surface area contributed by atoms with Crippen molar-refractivity contribution in [2.75, 3.05) is 13.1 Å². The largest absolute Gasteiger partial charge is 0.471 e. The van der Waals surface area contributed by atoms with Crippen molar-refractivity contribution in [3.63, 3.8) is 0 Å². The predicted molar refractivity (Wildman–Crippen MR) is 172 cm³/mol. The lowest BCUT2D eigenvalue weighted by Crippen LogP contribution is -2.52. The highest BCUT2D eigenvalue weighted by atomic mass is 19.4. The van der Waals surface area contributed by atoms with Crippen LogP contribution < -0.4 is 10.6 Å². The monoisotopic (exact) mass is 720 g/mol. The Morgan fingerprint density at radius 3 is 2.33 bits per heavy atom. The summed E-state index contributed by atoms with van der Waals surface area (Å²) in [5.41, 5.74) is -2.15. The topological polar surface area (TPSA) is 128 Å². The molecule has 51 heavy (non-hydrogen) atoms. The van der Waals surface area contributed by atoms with E-state index in [4.69, 9.17) is 0 Å². The second-order valence-electron chi connectivity index (χ2n) is 13.4. The maximum Gasteiger partial charge on any atom is 0.471 e. The van der Waals surface area contributed by atoms with Crippen molar-refractivity contribution in [2.45, 2.75) is 71.4 Å². The van der Waals surface area contributed by atoms with Crippen LogP contribution in [0.3, 0.4) is 0 Å². The molecule has 3 aromatic rings. The fourth-order valence-corrected chi connectivity index (χ4v) is 6.62. The first-order valence-corrected chi connectivity index (χ1v) is 15.6. The molecule has 2 unspecified atom stereocenters. The number of nitrogens with one attached hydrogen (secondary N) is 2. The Bertz CT molecular complexity index is 1940. The van der Waals surface area contributed by atoms with Crippen molar-refractivity contribution in [1.82, 2.24) is 25.5 Å². The Morgan fingerprint density at radius 2 is 1.73 bits per heavy atom. The molecule has 1 aromatic carbocycles. The zero-order valence-corrected chi connectivity index (χ0v) is 28.4. The van der Waals surface area contributed by atoms with E-state index >= 15 is 0 Å². The Labute approximate surface area is 288 Å². The molecule has 4 atom stereocenters. The van der Waals surface area contributed by atoms with Crippen LogP contribution in [0, 0.1) is 35.4 Å². The third-order valence-electron chi connectivity index (χ3n) is 10.1. The molecule has 4 rings (SSSR count). The number of hydrogen-bond donors (Lipinski definition) is 2. The average molecular weight is 721 g/mol. The minimum atomic E-state index is -5.30. The minimum absolute atomic E-state index is 0.134. The lowest BCUT2D eigenvalue weighted by molar-refractivity contribution is -0.174. The standard InChI is InChI=1S/C35H35F7N6O3/c1-18-12-44-15-26(23(18)9-19(2)34(37,38)39)32(4,5)33(6)17-48(28(49)16-46-31(51)35(40,41)42)29(20(33)3)30(50)47-27(11-43)25-14-45-13-21-7-8-22(36)10-24(21)25/h7-10,12-15,20,27,29H,16-17H2,1-6H3,(H,46,51)(H,47,50)/b19-9+/t20-,27?,29-,33?/m0/s1. The number of aromatic nitrogens is 2. The fraction of sp³-hybridized carbons (Fsp3) is 0.429. The van der Waals surface area contributed by atoms with E-state index in [0.717, 1.165) is 24.0 Å². The highest BCUT2D eigenvalue weighted by Gasteiger charge is 2.59. The number of aryl methyl sites for hydroxylation is 1. The lowest BCUT2D eigenvalue weighted by atomic mass is 9.57. The van der Waals surface area contributed by atoms with Crippen molar-refractivity contribution in [3.8, 4) is 6.07 Å². The molecule has 0 saturated carbocycles. The van der Waals surface area contributed by atoms with Gasteiger partial charge in [-0.1, -0.05) is 27.7 Å². The summed E-state index contributed by atoms with van der Waals surface area (Å²) in [6, 6.07) is 2.83. The van der Waals surface area contributed by atoms with Gasteiger partial charge in [-0.25, -0.2) is 4.39 Å². The van der Waals surface area contributed by atoms with Gasteiger partial charge in [0.25, 0.3) is 0 Å². The normalized spacial score (nSPS) is 20.5. The second-order valence-corrected chi connectivity index (χ2v) is 13.4. The number of nitrogens with zero attached hydrogens (tertiary/aromatic N) is 4. The van der Waals surface area contributed by atoms with Gasteiger partial charge >= 0.3 is 18.3 Å². The SMILES string of the molecule is C/C(=C\c1c(C)cncc1C(C)(C)C1(C)CN(C(=O)CNC(=O)C(F)(F)F)[C@H](C(=O)NC(C#N)c2cncc3ccc(F)cc23)[C@@H]1C)C(F)(F)F. The van der Waals surface area contributed by atoms with E-state index in [0.29, 0.717) is 16.5 Å². The Hall–Kier alpha value is -5.07. The van der Waals surface area contributed by atoms with Crippen molar-refractivity contribution in [2.24, 2.45) is 11.3 Å². The highest BCUT2D eigenvalue weighted by molar-refractivity contribution is 5.93. The second kappa shape index (κ2) is 13.9. The van der Waals surface area contributed by atoms with Crippen LogP contribution in [0.1, 0.15) is 62.9 Å². The number of rotatable bonds is 8. The number of amides is 3. The zero-order valence-electron chi connectivity index (χ0n) is 28.4. The molecule has 0 radical (unpaired) electrons. The van der Waals surface area contributed by atoms with Crippen LogP contribution >= 0.6 is 0 Å². The molecule has 3 amide bonds. The van der Waals surface area contributed by atoms with Gasteiger partial charge in [0.15, 0.2) is 0 Å². The van der Waals surface area contributed by atoms with E-state index in [1.807, 2.05) is 6.07 Å². The number of alkyl halides is 6. The van der Waals surface area contributed by atoms with Gasteiger partial charge in [0.1, 0.15) is 17.9 Å². The molecule has 2 aromatic heterocycles. The van der Waals surface area contributed by atoms with Gasteiger partial charge < -0.3 is 15.5 Å². The molecule has 1 fully saturated rings. The number of carbonyl (C=O) groups excluding carboxylic acids is 3. The third kappa shape index (κ3) is 7.52. The predicted octanol–water partition coefficient (Wildman–Crippen LogP) is 6.23. The number of pyridine rings is 2. The van der Waals surface area contributed by atoms with Crippen molar-refractivity contribution < 1.29 is 45.1 Å². The highest BCUT2D eigenvalue weighted by Crippen LogP contribution is 2.54. The Balaban J connectivity index is 1.80. The van der Waals surface area contributed by atoms with Crippen LogP contribution in [0.2, 0.25) is 0 Å². The maximum atomic E-state index is 14.2. The molecular formula is C35H35F7N6O3. The Kier molecular flexibility index (Phi) is 10.6. The van der Waals surface area contributed by atoms with Gasteiger partial charge in [0, 0.05) is 47.9 Å². The lowest BCUT2D eigenvalue weighted by Gasteiger charge is -2.45. The quantitative estimate of drug-likeness (QED) is 0.266. The van der Waals surface area contributed by atoms with Crippen LogP contribution in [-0.2, 0) is 19.8 Å². The minimum Gasteiger partial charge on any atom is -0.339 e. The number of fused-ring (bicyclic) bond motifs is 1. The maximum absolute atomic E-state index is 14.2. The number of benzene rings is 1. The summed E-state index contributed by atoms with van der Waals surface area (Å²) in [5.74, 6) is -5.82. The van der Waals surface area contributed by atoms with Crippen molar-refractivity contribution in [1.29, 1.82) is 5.26 Å². The number of likely N-dealkylation sites (tertiary alicyclic amines) is 1. The molecule has 1 saturated heterocycles. The summed E-state index contributed by atoms with van der Waals surface area (Å²) in [5, 5.41) is 14.9. The smallest absolute Gasteiger partial charge is 0.339 e. The molecule has 2 N–H and O–H groups in total. The number of nitriles is 1. The molecule has 16 heteroatoms. The van der Waals surface area contributed by atoms with E-state index in [1.54, 1.807) is 34.6 Å². The first-order valence-electron chi connectivity index (χ1n) is 15.6. The summed E-state index contributed by atoms with van der Waals surface area (Å²) in [6.07, 6.45) is -3.49. The van der Waals surface area contributed by atoms with Gasteiger partial charge in [-0.15, -0.1) is 0 Å². The molecule has 0 spiro atoms. The molecule has 1 aliphatic rings. The zero-order chi connectivity index (χ0) is 38.3. The number of hydrogen-bond acceptors (Lipinski definition) is 6. The number of halogens is 7. The third-order valence-corrected chi connectivity index (χ3v) is 10.1. The van der Waals surface area contributed by atoms with E-state index < -0.39 is 76.8 Å². The molecule has 1 aliphatic heterocycles. The average Bonchev–Trinajstić information content (AvgIpc) is 3.33. The van der Waals surface area contributed by atoms with Gasteiger partial charge in [0.2, 0.25) is 11.8 Å². The van der Waals surface area contributed by atoms with Crippen molar-refractivity contribution in [3.05, 3.63) is 76.6 Å². The first kappa shape index (κ1) is 38.7. The Morgan fingerprint density at radius 1 is 1.08 bits per heavy atom. The molecule has 272 valence electrons. The molecule has 0 bridgehead atoms. The van der Waals surface area contributed by atoms with E-state index in [9.17, 15) is 50.4 Å². The van der Waals surface area contributed by atoms with Gasteiger partial charge in [0.05, 0.1) is 12.6 Å². The van der Waals surface area contributed by atoms with E-state index in [-0.39, 0.29) is 23.1 Å². The van der Waals surface area contributed by atoms with Crippen LogP contribution in [0.15, 0.2) is 48.6 Å². The summed E-state index contributed by atoms with van der Waals surface area (Å²) in [7, 11) is 0. The van der Waals surface area contributed by atoms with E-state index in [2.05, 4.69) is 15.3 Å². The van der Waals surface area contributed by atoms with Crippen LogP contribution in [0.25, 0.3) is 16.8 Å². The van der Waals surface area contributed by atoms with Gasteiger partial charge in [-0.05, 0) is 76.9 Å². The molecule has 3 heterocycles. The summed E-state index contributed by atoms with van der Waals surface area (Å²) in [4.78, 5) is 48.6. The molecule has 0 aliphatic carbocycles. The molecule has 9 nitrogen and oxygen atoms in total. The van der Waals surface area contributed by atoms with Crippen LogP contribution in [-0.4, -0.2) is 64.1 Å². The van der Waals surface area contributed by atoms with Crippen LogP contribution in [0.4, 0.5) is 30.7 Å². The first-order chi connectivity index (χ1) is 23.5. The number of allylic oxidation sites excluding steroid dienone is 1.